The lowest BCUT2D eigenvalue weighted by atomic mass is 9.79. The Hall–Kier alpha value is -1.36. The third kappa shape index (κ3) is 4.07. The minimum atomic E-state index is -0.428. The maximum atomic E-state index is 11.9. The third-order valence-electron chi connectivity index (χ3n) is 3.96. The van der Waals surface area contributed by atoms with Gasteiger partial charge in [-0.25, -0.2) is 0 Å². The van der Waals surface area contributed by atoms with Crippen molar-refractivity contribution < 1.29 is 19.1 Å². The normalized spacial score (nSPS) is 22.4. The van der Waals surface area contributed by atoms with Crippen molar-refractivity contribution in [1.29, 1.82) is 0 Å². The predicted molar refractivity (Wildman–Crippen MR) is 76.1 cm³/mol. The Bertz CT molecular complexity index is 374. The lowest BCUT2D eigenvalue weighted by Crippen LogP contribution is -2.36. The summed E-state index contributed by atoms with van der Waals surface area (Å²) in [5, 5.41) is 0. The van der Waals surface area contributed by atoms with Crippen molar-refractivity contribution in [3.63, 3.8) is 0 Å². The van der Waals surface area contributed by atoms with Crippen LogP contribution in [0.15, 0.2) is 11.6 Å². The molecule has 5 nitrogen and oxygen atoms in total. The molecule has 0 amide bonds. The van der Waals surface area contributed by atoms with Crippen molar-refractivity contribution in [1.82, 2.24) is 4.90 Å². The zero-order chi connectivity index (χ0) is 15.1. The van der Waals surface area contributed by atoms with Crippen LogP contribution in [0.2, 0.25) is 0 Å². The average Bonchev–Trinajstić information content (AvgIpc) is 2.50. The molecular formula is C15H25NO4. The van der Waals surface area contributed by atoms with E-state index in [1.165, 1.54) is 19.8 Å². The van der Waals surface area contributed by atoms with Gasteiger partial charge in [-0.3, -0.25) is 14.5 Å². The van der Waals surface area contributed by atoms with E-state index in [0.29, 0.717) is 12.8 Å². The summed E-state index contributed by atoms with van der Waals surface area (Å²) < 4.78 is 9.62. The van der Waals surface area contributed by atoms with Gasteiger partial charge < -0.3 is 9.47 Å². The molecule has 0 aromatic rings. The smallest absolute Gasteiger partial charge is 0.309 e. The van der Waals surface area contributed by atoms with E-state index in [1.54, 1.807) is 0 Å². The number of esters is 2. The van der Waals surface area contributed by atoms with Gasteiger partial charge in [-0.15, -0.1) is 0 Å². The molecule has 5 heteroatoms. The Labute approximate surface area is 120 Å². The monoisotopic (exact) mass is 283 g/mol. The molecule has 0 N–H and O–H groups in total. The number of nitrogens with zero attached hydrogens (tertiary/aromatic N) is 1. The van der Waals surface area contributed by atoms with Crippen molar-refractivity contribution in [2.75, 3.05) is 33.9 Å². The van der Waals surface area contributed by atoms with Crippen LogP contribution in [0.5, 0.6) is 0 Å². The fourth-order valence-electron chi connectivity index (χ4n) is 2.64. The van der Waals surface area contributed by atoms with E-state index in [1.807, 2.05) is 0 Å². The zero-order valence-corrected chi connectivity index (χ0v) is 12.8. The van der Waals surface area contributed by atoms with E-state index < -0.39 is 11.8 Å². The van der Waals surface area contributed by atoms with Crippen LogP contribution < -0.4 is 0 Å². The number of carbonyl (C=O) groups excluding carboxylic acids is 2. The molecule has 0 aliphatic heterocycles. The Morgan fingerprint density at radius 1 is 1.15 bits per heavy atom. The molecule has 0 aromatic heterocycles. The summed E-state index contributed by atoms with van der Waals surface area (Å²) in [6.07, 6.45) is 3.19. The molecule has 0 spiro atoms. The Morgan fingerprint density at radius 3 is 2.20 bits per heavy atom. The summed E-state index contributed by atoms with van der Waals surface area (Å²) >= 11 is 0. The molecular weight excluding hydrogens is 258 g/mol. The molecule has 0 unspecified atom stereocenters. The van der Waals surface area contributed by atoms with E-state index in [4.69, 9.17) is 9.47 Å². The van der Waals surface area contributed by atoms with Gasteiger partial charge in [0.15, 0.2) is 0 Å². The zero-order valence-electron chi connectivity index (χ0n) is 12.8. The number of rotatable bonds is 6. The molecule has 0 heterocycles. The molecule has 2 atom stereocenters. The van der Waals surface area contributed by atoms with Crippen molar-refractivity contribution in [3.05, 3.63) is 11.6 Å². The van der Waals surface area contributed by atoms with Crippen LogP contribution in [-0.2, 0) is 19.1 Å². The predicted octanol–water partition coefficient (Wildman–Crippen LogP) is 1.63. The maximum absolute atomic E-state index is 11.9. The van der Waals surface area contributed by atoms with Crippen LogP contribution in [0, 0.1) is 11.8 Å². The van der Waals surface area contributed by atoms with E-state index in [2.05, 4.69) is 24.8 Å². The molecule has 0 bridgehead atoms. The molecule has 0 saturated heterocycles. The minimum Gasteiger partial charge on any atom is -0.469 e. The number of methoxy groups -OCH3 is 2. The summed E-state index contributed by atoms with van der Waals surface area (Å²) in [5.41, 5.74) is 1.20. The standard InChI is InChI=1S/C15H25NO4/c1-5-16(6-2)10-11-7-8-12(14(17)19-3)13(9-11)15(18)20-4/h7,12-13H,5-6,8-10H2,1-4H3/t12-,13+/m0/s1. The first-order valence-electron chi connectivity index (χ1n) is 7.13. The summed E-state index contributed by atoms with van der Waals surface area (Å²) in [4.78, 5) is 26.0. The third-order valence-corrected chi connectivity index (χ3v) is 3.96. The van der Waals surface area contributed by atoms with Crippen molar-refractivity contribution in [2.24, 2.45) is 11.8 Å². The van der Waals surface area contributed by atoms with E-state index in [9.17, 15) is 9.59 Å². The second-order valence-corrected chi connectivity index (χ2v) is 5.02. The molecule has 0 fully saturated rings. The number of hydrogen-bond acceptors (Lipinski definition) is 5. The Kier molecular flexibility index (Phi) is 6.71. The van der Waals surface area contributed by atoms with Crippen LogP contribution in [0.1, 0.15) is 26.7 Å². The van der Waals surface area contributed by atoms with Crippen molar-refractivity contribution in [2.45, 2.75) is 26.7 Å². The number of likely N-dealkylation sites (N-methyl/N-ethyl adjacent to an activating group) is 1. The lowest BCUT2D eigenvalue weighted by Gasteiger charge is -2.30. The van der Waals surface area contributed by atoms with Gasteiger partial charge in [0.2, 0.25) is 0 Å². The van der Waals surface area contributed by atoms with Gasteiger partial charge in [0.25, 0.3) is 0 Å². The first kappa shape index (κ1) is 16.7. The molecule has 114 valence electrons. The van der Waals surface area contributed by atoms with E-state index in [0.717, 1.165) is 19.6 Å². The molecule has 1 aliphatic carbocycles. The average molecular weight is 283 g/mol. The van der Waals surface area contributed by atoms with Gasteiger partial charge >= 0.3 is 11.9 Å². The van der Waals surface area contributed by atoms with Crippen molar-refractivity contribution >= 4 is 11.9 Å². The van der Waals surface area contributed by atoms with Crippen LogP contribution in [0.4, 0.5) is 0 Å². The van der Waals surface area contributed by atoms with Crippen LogP contribution in [0.25, 0.3) is 0 Å². The quantitative estimate of drug-likeness (QED) is 0.548. The first-order chi connectivity index (χ1) is 9.57. The fraction of sp³-hybridized carbons (Fsp3) is 0.733. The highest BCUT2D eigenvalue weighted by Crippen LogP contribution is 2.32. The van der Waals surface area contributed by atoms with Gasteiger partial charge in [-0.2, -0.15) is 0 Å². The second kappa shape index (κ2) is 8.04. The fourth-order valence-corrected chi connectivity index (χ4v) is 2.64. The van der Waals surface area contributed by atoms with Crippen LogP contribution in [0.3, 0.4) is 0 Å². The van der Waals surface area contributed by atoms with Gasteiger partial charge in [-0.05, 0) is 25.9 Å². The minimum absolute atomic E-state index is 0.328. The Morgan fingerprint density at radius 2 is 1.70 bits per heavy atom. The lowest BCUT2D eigenvalue weighted by molar-refractivity contribution is -0.157. The SMILES string of the molecule is CCN(CC)CC1=CC[C@H](C(=O)OC)[C@H](C(=O)OC)C1. The van der Waals surface area contributed by atoms with Crippen molar-refractivity contribution in [3.8, 4) is 0 Å². The summed E-state index contributed by atoms with van der Waals surface area (Å²) in [7, 11) is 2.71. The number of carbonyl (C=O) groups is 2. The topological polar surface area (TPSA) is 55.8 Å². The maximum Gasteiger partial charge on any atom is 0.309 e. The van der Waals surface area contributed by atoms with Crippen LogP contribution >= 0.6 is 0 Å². The summed E-state index contributed by atoms with van der Waals surface area (Å²) in [6.45, 7) is 7.01. The molecule has 1 aliphatic rings. The molecule has 1 rings (SSSR count). The number of ether oxygens (including phenoxy) is 2. The highest BCUT2D eigenvalue weighted by molar-refractivity contribution is 5.82. The number of allylic oxidation sites excluding steroid dienone is 1. The van der Waals surface area contributed by atoms with Crippen LogP contribution in [-0.4, -0.2) is 50.7 Å². The largest absolute Gasteiger partial charge is 0.469 e. The molecule has 0 aromatic carbocycles. The molecule has 0 radical (unpaired) electrons. The van der Waals surface area contributed by atoms with Gasteiger partial charge in [0, 0.05) is 6.54 Å². The van der Waals surface area contributed by atoms with Gasteiger partial charge in [0.05, 0.1) is 26.1 Å². The molecule has 20 heavy (non-hydrogen) atoms. The summed E-state index contributed by atoms with van der Waals surface area (Å²) in [6, 6.07) is 0. The first-order valence-corrected chi connectivity index (χ1v) is 7.13. The number of hydrogen-bond donors (Lipinski definition) is 0. The van der Waals surface area contributed by atoms with E-state index in [-0.39, 0.29) is 11.9 Å². The van der Waals surface area contributed by atoms with Gasteiger partial charge in [0.1, 0.15) is 0 Å². The highest BCUT2D eigenvalue weighted by atomic mass is 16.5. The van der Waals surface area contributed by atoms with Gasteiger partial charge in [-0.1, -0.05) is 25.5 Å². The second-order valence-electron chi connectivity index (χ2n) is 5.02. The Balaban J connectivity index is 2.82. The molecule has 0 saturated carbocycles. The highest BCUT2D eigenvalue weighted by Gasteiger charge is 2.37. The van der Waals surface area contributed by atoms with E-state index >= 15 is 0 Å². The summed E-state index contributed by atoms with van der Waals surface area (Å²) in [5.74, 6) is -1.51.